The molecule has 0 saturated carbocycles. The largest absolute Gasteiger partial charge is 0.392 e. The van der Waals surface area contributed by atoms with E-state index in [1.807, 2.05) is 28.6 Å². The summed E-state index contributed by atoms with van der Waals surface area (Å²) in [7, 11) is 0. The Labute approximate surface area is 118 Å². The molecule has 4 heteroatoms. The molecule has 19 heavy (non-hydrogen) atoms. The van der Waals surface area contributed by atoms with Crippen molar-refractivity contribution in [1.82, 2.24) is 9.78 Å². The molecule has 0 bridgehead atoms. The Hall–Kier alpha value is -1.00. The van der Waals surface area contributed by atoms with Gasteiger partial charge in [0.2, 0.25) is 0 Å². The zero-order chi connectivity index (χ0) is 13.2. The number of thioether (sulfide) groups is 1. The Bertz CT molecular complexity index is 560. The van der Waals surface area contributed by atoms with Crippen molar-refractivity contribution in [3.8, 4) is 0 Å². The number of nitrogens with zero attached hydrogens (tertiary/aromatic N) is 2. The number of aliphatic hydroxyl groups excluding tert-OH is 1. The second-order valence-electron chi connectivity index (χ2n) is 5.10. The van der Waals surface area contributed by atoms with Crippen molar-refractivity contribution in [2.75, 3.05) is 5.75 Å². The van der Waals surface area contributed by atoms with Gasteiger partial charge in [0.1, 0.15) is 0 Å². The molecule has 1 N–H and O–H groups in total. The first kappa shape index (κ1) is 13.0. The summed E-state index contributed by atoms with van der Waals surface area (Å²) >= 11 is 1.90. The molecule has 1 saturated heterocycles. The Morgan fingerprint density at radius 2 is 2.32 bits per heavy atom. The topological polar surface area (TPSA) is 38.0 Å². The molecule has 0 aliphatic carbocycles. The van der Waals surface area contributed by atoms with Crippen molar-refractivity contribution >= 4 is 22.7 Å². The minimum atomic E-state index is -0.267. The highest BCUT2D eigenvalue weighted by Crippen LogP contribution is 2.31. The van der Waals surface area contributed by atoms with Crippen LogP contribution in [0.4, 0.5) is 0 Å². The fourth-order valence-corrected chi connectivity index (χ4v) is 4.11. The molecular weight excluding hydrogens is 256 g/mol. The number of aromatic nitrogens is 2. The number of fused-ring (bicyclic) bond motifs is 1. The lowest BCUT2D eigenvalue weighted by molar-refractivity contribution is 0.169. The zero-order valence-electron chi connectivity index (χ0n) is 11.2. The lowest BCUT2D eigenvalue weighted by Gasteiger charge is -2.15. The highest BCUT2D eigenvalue weighted by molar-refractivity contribution is 8.00. The van der Waals surface area contributed by atoms with E-state index in [1.54, 1.807) is 0 Å². The molecule has 1 aromatic heterocycles. The Morgan fingerprint density at radius 1 is 1.47 bits per heavy atom. The maximum atomic E-state index is 10.4. The van der Waals surface area contributed by atoms with E-state index >= 15 is 0 Å². The summed E-state index contributed by atoms with van der Waals surface area (Å²) in [5.41, 5.74) is 2.21. The van der Waals surface area contributed by atoms with E-state index in [9.17, 15) is 5.11 Å². The van der Waals surface area contributed by atoms with Gasteiger partial charge in [-0.05, 0) is 31.6 Å². The SMILES string of the molecule is CCn1nc(CC(O)C2CCCS2)c2ccccc21. The summed E-state index contributed by atoms with van der Waals surface area (Å²) in [6.45, 7) is 2.97. The number of para-hydroxylation sites is 1. The zero-order valence-corrected chi connectivity index (χ0v) is 12.1. The molecule has 2 heterocycles. The van der Waals surface area contributed by atoms with Crippen LogP contribution in [0.25, 0.3) is 10.9 Å². The summed E-state index contributed by atoms with van der Waals surface area (Å²) in [5, 5.41) is 16.6. The fraction of sp³-hybridized carbons (Fsp3) is 0.533. The van der Waals surface area contributed by atoms with Gasteiger partial charge >= 0.3 is 0 Å². The van der Waals surface area contributed by atoms with Gasteiger partial charge in [0.15, 0.2) is 0 Å². The monoisotopic (exact) mass is 276 g/mol. The van der Waals surface area contributed by atoms with Gasteiger partial charge in [-0.15, -0.1) is 0 Å². The van der Waals surface area contributed by atoms with Gasteiger partial charge < -0.3 is 5.11 Å². The van der Waals surface area contributed by atoms with Crippen LogP contribution in [0.3, 0.4) is 0 Å². The van der Waals surface area contributed by atoms with Gasteiger partial charge in [0.25, 0.3) is 0 Å². The molecule has 1 aromatic carbocycles. The highest BCUT2D eigenvalue weighted by atomic mass is 32.2. The molecule has 0 radical (unpaired) electrons. The average molecular weight is 276 g/mol. The Morgan fingerprint density at radius 3 is 3.05 bits per heavy atom. The van der Waals surface area contributed by atoms with Crippen LogP contribution in [-0.2, 0) is 13.0 Å². The maximum Gasteiger partial charge on any atom is 0.0729 e. The number of aliphatic hydroxyl groups is 1. The van der Waals surface area contributed by atoms with Gasteiger partial charge in [0.05, 0.1) is 17.3 Å². The number of hydrogen-bond donors (Lipinski definition) is 1. The molecule has 0 amide bonds. The van der Waals surface area contributed by atoms with Crippen LogP contribution >= 0.6 is 11.8 Å². The predicted octanol–water partition coefficient (Wildman–Crippen LogP) is 2.86. The predicted molar refractivity (Wildman–Crippen MR) is 80.6 cm³/mol. The molecular formula is C15H20N2OS. The first-order valence-corrected chi connectivity index (χ1v) is 8.08. The third kappa shape index (κ3) is 2.51. The molecule has 1 fully saturated rings. The van der Waals surface area contributed by atoms with Crippen molar-refractivity contribution < 1.29 is 5.11 Å². The van der Waals surface area contributed by atoms with Gasteiger partial charge in [-0.1, -0.05) is 18.2 Å². The van der Waals surface area contributed by atoms with Crippen LogP contribution in [0.1, 0.15) is 25.5 Å². The molecule has 2 unspecified atom stereocenters. The summed E-state index contributed by atoms with van der Waals surface area (Å²) in [6, 6.07) is 8.30. The van der Waals surface area contributed by atoms with E-state index in [0.717, 1.165) is 18.7 Å². The quantitative estimate of drug-likeness (QED) is 0.933. The molecule has 2 aromatic rings. The third-order valence-electron chi connectivity index (χ3n) is 3.83. The van der Waals surface area contributed by atoms with E-state index in [0.29, 0.717) is 11.7 Å². The van der Waals surface area contributed by atoms with E-state index in [-0.39, 0.29) is 6.10 Å². The molecule has 1 aliphatic rings. The Kier molecular flexibility index (Phi) is 3.80. The number of benzene rings is 1. The molecule has 3 nitrogen and oxygen atoms in total. The second-order valence-corrected chi connectivity index (χ2v) is 6.45. The van der Waals surface area contributed by atoms with E-state index in [4.69, 9.17) is 0 Å². The van der Waals surface area contributed by atoms with Crippen LogP contribution in [-0.4, -0.2) is 32.0 Å². The van der Waals surface area contributed by atoms with Crippen molar-refractivity contribution in [1.29, 1.82) is 0 Å². The van der Waals surface area contributed by atoms with Crippen LogP contribution < -0.4 is 0 Å². The Balaban J connectivity index is 1.87. The second kappa shape index (κ2) is 5.55. The summed E-state index contributed by atoms with van der Waals surface area (Å²) in [5.74, 6) is 1.19. The third-order valence-corrected chi connectivity index (χ3v) is 5.33. The van der Waals surface area contributed by atoms with Crippen molar-refractivity contribution in [3.05, 3.63) is 30.0 Å². The summed E-state index contributed by atoms with van der Waals surface area (Å²) in [4.78, 5) is 0. The molecule has 1 aliphatic heterocycles. The van der Waals surface area contributed by atoms with E-state index < -0.39 is 0 Å². The van der Waals surface area contributed by atoms with Crippen molar-refractivity contribution in [2.24, 2.45) is 0 Å². The minimum Gasteiger partial charge on any atom is -0.392 e. The fourth-order valence-electron chi connectivity index (χ4n) is 2.82. The first-order chi connectivity index (χ1) is 9.29. The first-order valence-electron chi connectivity index (χ1n) is 7.03. The van der Waals surface area contributed by atoms with Crippen LogP contribution in [0.2, 0.25) is 0 Å². The molecule has 0 spiro atoms. The van der Waals surface area contributed by atoms with Gasteiger partial charge in [-0.3, -0.25) is 4.68 Å². The molecule has 102 valence electrons. The van der Waals surface area contributed by atoms with Crippen molar-refractivity contribution in [3.63, 3.8) is 0 Å². The van der Waals surface area contributed by atoms with Crippen molar-refractivity contribution in [2.45, 2.75) is 44.1 Å². The number of aryl methyl sites for hydroxylation is 1. The van der Waals surface area contributed by atoms with Gasteiger partial charge in [0, 0.05) is 23.6 Å². The highest BCUT2D eigenvalue weighted by Gasteiger charge is 2.25. The number of hydrogen-bond acceptors (Lipinski definition) is 3. The standard InChI is InChI=1S/C15H20N2OS/c1-2-17-13-7-4-3-6-11(13)12(16-17)10-14(18)15-8-5-9-19-15/h3-4,6-7,14-15,18H,2,5,8-10H2,1H3. The lowest BCUT2D eigenvalue weighted by atomic mass is 10.1. The minimum absolute atomic E-state index is 0.267. The average Bonchev–Trinajstić information content (AvgIpc) is 3.07. The summed E-state index contributed by atoms with van der Waals surface area (Å²) in [6.07, 6.45) is 2.77. The number of rotatable bonds is 4. The normalized spacial score (nSPS) is 21.1. The van der Waals surface area contributed by atoms with E-state index in [1.165, 1.54) is 23.1 Å². The smallest absolute Gasteiger partial charge is 0.0729 e. The molecule has 2 atom stereocenters. The van der Waals surface area contributed by atoms with Gasteiger partial charge in [-0.25, -0.2) is 0 Å². The lowest BCUT2D eigenvalue weighted by Crippen LogP contribution is -2.23. The van der Waals surface area contributed by atoms with Gasteiger partial charge in [-0.2, -0.15) is 16.9 Å². The van der Waals surface area contributed by atoms with Crippen LogP contribution in [0.5, 0.6) is 0 Å². The summed E-state index contributed by atoms with van der Waals surface area (Å²) < 4.78 is 2.03. The maximum absolute atomic E-state index is 10.4. The van der Waals surface area contributed by atoms with Crippen LogP contribution in [0.15, 0.2) is 24.3 Å². The van der Waals surface area contributed by atoms with Crippen LogP contribution in [0, 0.1) is 0 Å². The molecule has 3 rings (SSSR count). The van der Waals surface area contributed by atoms with E-state index in [2.05, 4.69) is 24.2 Å².